The number of carbonyl (C=O) groups excluding carboxylic acids is 1. The summed E-state index contributed by atoms with van der Waals surface area (Å²) >= 11 is 0. The second-order valence-electron chi connectivity index (χ2n) is 11.2. The SMILES string of the molecule is Cc1nn2c(C3CCN(C(=O)OC(C)(C)C)CC3)cc(=O)[nH]c2c1-c1nc(C2CC2(C)C)no1. The van der Waals surface area contributed by atoms with E-state index >= 15 is 0 Å². The van der Waals surface area contributed by atoms with Crippen LogP contribution in [-0.2, 0) is 4.74 Å². The molecule has 1 amide bonds. The van der Waals surface area contributed by atoms with Crippen molar-refractivity contribution in [3.8, 4) is 11.5 Å². The van der Waals surface area contributed by atoms with Gasteiger partial charge in [-0.05, 0) is 52.4 Å². The molecule has 0 bridgehead atoms. The second kappa shape index (κ2) is 7.68. The molecule has 1 aliphatic carbocycles. The lowest BCUT2D eigenvalue weighted by Crippen LogP contribution is -2.41. The van der Waals surface area contributed by atoms with Crippen molar-refractivity contribution in [3.63, 3.8) is 0 Å². The minimum atomic E-state index is -0.528. The van der Waals surface area contributed by atoms with Crippen LogP contribution in [0.5, 0.6) is 0 Å². The van der Waals surface area contributed by atoms with Crippen LogP contribution >= 0.6 is 0 Å². The summed E-state index contributed by atoms with van der Waals surface area (Å²) < 4.78 is 12.9. The van der Waals surface area contributed by atoms with Crippen molar-refractivity contribution in [1.29, 1.82) is 0 Å². The highest BCUT2D eigenvalue weighted by atomic mass is 16.6. The maximum Gasteiger partial charge on any atom is 0.410 e. The van der Waals surface area contributed by atoms with Gasteiger partial charge in [-0.15, -0.1) is 0 Å². The standard InChI is InChI=1S/C24H32N6O4/c1-13-18(21-26-19(28-34-21)15-12-24(15,5)6)20-25-17(31)11-16(30(20)27-13)14-7-9-29(10-8-14)22(32)33-23(2,3)4/h11,14-15H,7-10,12H2,1-6H3,(H,25,31). The van der Waals surface area contributed by atoms with Crippen LogP contribution in [-0.4, -0.2) is 54.4 Å². The molecule has 10 nitrogen and oxygen atoms in total. The van der Waals surface area contributed by atoms with Crippen LogP contribution < -0.4 is 5.56 Å². The molecule has 0 radical (unpaired) electrons. The molecule has 182 valence electrons. The van der Waals surface area contributed by atoms with E-state index in [9.17, 15) is 9.59 Å². The first kappa shape index (κ1) is 22.6. The summed E-state index contributed by atoms with van der Waals surface area (Å²) in [5.74, 6) is 1.45. The molecule has 1 saturated heterocycles. The molecule has 3 aromatic heterocycles. The van der Waals surface area contributed by atoms with Gasteiger partial charge >= 0.3 is 6.09 Å². The summed E-state index contributed by atoms with van der Waals surface area (Å²) in [7, 11) is 0. The van der Waals surface area contributed by atoms with E-state index in [1.54, 1.807) is 15.5 Å². The molecular formula is C24H32N6O4. The van der Waals surface area contributed by atoms with Crippen molar-refractivity contribution in [2.75, 3.05) is 13.1 Å². The lowest BCUT2D eigenvalue weighted by molar-refractivity contribution is 0.0203. The first-order valence-electron chi connectivity index (χ1n) is 11.9. The highest BCUT2D eigenvalue weighted by molar-refractivity contribution is 5.74. The van der Waals surface area contributed by atoms with E-state index in [1.165, 1.54) is 0 Å². The van der Waals surface area contributed by atoms with E-state index in [0.29, 0.717) is 54.6 Å². The number of fused-ring (bicyclic) bond motifs is 1. The van der Waals surface area contributed by atoms with E-state index in [1.807, 2.05) is 27.7 Å². The smallest absolute Gasteiger partial charge is 0.410 e. The van der Waals surface area contributed by atoms with E-state index in [-0.39, 0.29) is 28.9 Å². The quantitative estimate of drug-likeness (QED) is 0.617. The molecule has 1 saturated carbocycles. The fourth-order valence-electron chi connectivity index (χ4n) is 4.79. The first-order valence-corrected chi connectivity index (χ1v) is 11.9. The Morgan fingerprint density at radius 3 is 2.56 bits per heavy atom. The van der Waals surface area contributed by atoms with Crippen LogP contribution in [0.1, 0.15) is 82.9 Å². The summed E-state index contributed by atoms with van der Waals surface area (Å²) in [5.41, 5.74) is 2.19. The maximum absolute atomic E-state index is 12.6. The Balaban J connectivity index is 1.42. The molecule has 34 heavy (non-hydrogen) atoms. The molecule has 4 heterocycles. The number of rotatable bonds is 3. The Labute approximate surface area is 197 Å². The first-order chi connectivity index (χ1) is 15.9. The van der Waals surface area contributed by atoms with Gasteiger partial charge in [-0.2, -0.15) is 10.1 Å². The van der Waals surface area contributed by atoms with E-state index < -0.39 is 5.60 Å². The molecule has 1 atom stereocenters. The van der Waals surface area contributed by atoms with Crippen molar-refractivity contribution in [2.24, 2.45) is 5.41 Å². The average molecular weight is 469 g/mol. The van der Waals surface area contributed by atoms with Crippen molar-refractivity contribution in [3.05, 3.63) is 33.6 Å². The van der Waals surface area contributed by atoms with Gasteiger partial charge in [-0.1, -0.05) is 19.0 Å². The molecule has 2 aliphatic rings. The van der Waals surface area contributed by atoms with Gasteiger partial charge in [0.15, 0.2) is 5.82 Å². The normalized spacial score (nSPS) is 20.6. The Bertz CT molecular complexity index is 1300. The van der Waals surface area contributed by atoms with Gasteiger partial charge in [0.25, 0.3) is 11.4 Å². The van der Waals surface area contributed by atoms with Gasteiger partial charge in [0.1, 0.15) is 16.8 Å². The van der Waals surface area contributed by atoms with Crippen LogP contribution in [0.25, 0.3) is 17.1 Å². The number of likely N-dealkylation sites (tertiary alicyclic amines) is 1. The Hall–Kier alpha value is -3.17. The third kappa shape index (κ3) is 4.10. The van der Waals surface area contributed by atoms with Crippen molar-refractivity contribution >= 4 is 11.7 Å². The third-order valence-corrected chi connectivity index (χ3v) is 6.87. The van der Waals surface area contributed by atoms with Gasteiger partial charge in [0.05, 0.1) is 11.4 Å². The number of aromatic nitrogens is 5. The minimum Gasteiger partial charge on any atom is -0.444 e. The average Bonchev–Trinajstić information content (AvgIpc) is 3.06. The Morgan fingerprint density at radius 1 is 1.26 bits per heavy atom. The number of hydrogen-bond acceptors (Lipinski definition) is 7. The molecule has 0 spiro atoms. The lowest BCUT2D eigenvalue weighted by Gasteiger charge is -2.33. The van der Waals surface area contributed by atoms with E-state index in [0.717, 1.165) is 12.1 Å². The number of piperidine rings is 1. The zero-order valence-corrected chi connectivity index (χ0v) is 20.6. The summed E-state index contributed by atoms with van der Waals surface area (Å²) in [6.07, 6.45) is 2.16. The van der Waals surface area contributed by atoms with Crippen LogP contribution in [0.15, 0.2) is 15.4 Å². The molecule has 10 heteroatoms. The van der Waals surface area contributed by atoms with Gasteiger partial charge in [0.2, 0.25) is 0 Å². The van der Waals surface area contributed by atoms with Gasteiger partial charge in [0, 0.05) is 31.0 Å². The second-order valence-corrected chi connectivity index (χ2v) is 11.2. The Kier molecular flexibility index (Phi) is 5.11. The molecule has 0 aromatic carbocycles. The third-order valence-electron chi connectivity index (χ3n) is 6.87. The number of nitrogens with zero attached hydrogens (tertiary/aromatic N) is 5. The zero-order chi connectivity index (χ0) is 24.4. The van der Waals surface area contributed by atoms with Gasteiger partial charge in [-0.3, -0.25) is 4.79 Å². The van der Waals surface area contributed by atoms with E-state index in [2.05, 4.69) is 29.0 Å². The summed E-state index contributed by atoms with van der Waals surface area (Å²) in [6.45, 7) is 13.0. The predicted octanol–water partition coefficient (Wildman–Crippen LogP) is 4.01. The van der Waals surface area contributed by atoms with Gasteiger partial charge < -0.3 is 19.1 Å². The van der Waals surface area contributed by atoms with Crippen molar-refractivity contribution in [1.82, 2.24) is 29.6 Å². The molecular weight excluding hydrogens is 436 g/mol. The number of nitrogens with one attached hydrogen (secondary N) is 1. The molecule has 2 fully saturated rings. The number of aromatic amines is 1. The van der Waals surface area contributed by atoms with Crippen LogP contribution in [0.4, 0.5) is 4.79 Å². The van der Waals surface area contributed by atoms with Crippen LogP contribution in [0, 0.1) is 12.3 Å². The molecule has 1 N–H and O–H groups in total. The molecule has 5 rings (SSSR count). The van der Waals surface area contributed by atoms with Crippen LogP contribution in [0.3, 0.4) is 0 Å². The topological polar surface area (TPSA) is 119 Å². The highest BCUT2D eigenvalue weighted by Crippen LogP contribution is 2.57. The molecule has 1 unspecified atom stereocenters. The fourth-order valence-corrected chi connectivity index (χ4v) is 4.79. The number of hydrogen-bond donors (Lipinski definition) is 1. The van der Waals surface area contributed by atoms with Crippen molar-refractivity contribution < 1.29 is 14.1 Å². The summed E-state index contributed by atoms with van der Waals surface area (Å²) in [6, 6.07) is 1.60. The van der Waals surface area contributed by atoms with Crippen molar-refractivity contribution in [2.45, 2.75) is 78.2 Å². The maximum atomic E-state index is 12.6. The lowest BCUT2D eigenvalue weighted by atomic mass is 9.93. The summed E-state index contributed by atoms with van der Waals surface area (Å²) in [5, 5.41) is 8.92. The minimum absolute atomic E-state index is 0.0844. The summed E-state index contributed by atoms with van der Waals surface area (Å²) in [4.78, 5) is 34.3. The monoisotopic (exact) mass is 468 g/mol. The number of ether oxygens (including phenoxy) is 1. The van der Waals surface area contributed by atoms with E-state index in [4.69, 9.17) is 14.4 Å². The number of H-pyrrole nitrogens is 1. The number of amides is 1. The molecule has 3 aromatic rings. The largest absolute Gasteiger partial charge is 0.444 e. The van der Waals surface area contributed by atoms with Gasteiger partial charge in [-0.25, -0.2) is 9.31 Å². The highest BCUT2D eigenvalue weighted by Gasteiger charge is 2.49. The zero-order valence-electron chi connectivity index (χ0n) is 20.6. The molecule has 1 aliphatic heterocycles. The number of aryl methyl sites for hydroxylation is 1. The Morgan fingerprint density at radius 2 is 1.94 bits per heavy atom. The van der Waals surface area contributed by atoms with Crippen LogP contribution in [0.2, 0.25) is 0 Å². The fraction of sp³-hybridized carbons (Fsp3) is 0.625. The number of carbonyl (C=O) groups is 1. The predicted molar refractivity (Wildman–Crippen MR) is 125 cm³/mol.